The van der Waals surface area contributed by atoms with Crippen LogP contribution >= 0.6 is 23.2 Å². The lowest BCUT2D eigenvalue weighted by Crippen LogP contribution is -2.29. The molecule has 8 nitrogen and oxygen atoms in total. The Hall–Kier alpha value is -3.10. The number of hydrogen-bond acceptors (Lipinski definition) is 5. The van der Waals surface area contributed by atoms with Gasteiger partial charge in [0.05, 0.1) is 16.4 Å². The van der Waals surface area contributed by atoms with Gasteiger partial charge in [0, 0.05) is 55.9 Å². The lowest BCUT2D eigenvalue weighted by atomic mass is 10.2. The molecule has 3 aromatic rings. The number of anilines is 2. The average Bonchev–Trinajstić information content (AvgIpc) is 3.25. The second kappa shape index (κ2) is 10.6. The lowest BCUT2D eigenvalue weighted by molar-refractivity contribution is -0.116. The van der Waals surface area contributed by atoms with Gasteiger partial charge in [0.1, 0.15) is 5.82 Å². The molecule has 3 N–H and O–H groups in total. The van der Waals surface area contributed by atoms with Gasteiger partial charge in [-0.15, -0.1) is 0 Å². The number of carbonyl (C=O) groups excluding carboxylic acids is 2. The van der Waals surface area contributed by atoms with Gasteiger partial charge in [-0.1, -0.05) is 29.3 Å². The average molecular weight is 447 g/mol. The summed E-state index contributed by atoms with van der Waals surface area (Å²) in [6, 6.07) is 8.36. The molecule has 3 rings (SSSR count). The Bertz CT molecular complexity index is 1010. The van der Waals surface area contributed by atoms with Crippen molar-refractivity contribution in [3.05, 3.63) is 70.9 Å². The highest BCUT2D eigenvalue weighted by molar-refractivity contribution is 6.35. The number of aryl methyl sites for hydroxylation is 1. The highest BCUT2D eigenvalue weighted by atomic mass is 35.5. The zero-order valence-electron chi connectivity index (χ0n) is 15.9. The molecule has 0 aliphatic rings. The normalized spacial score (nSPS) is 10.5. The van der Waals surface area contributed by atoms with E-state index in [9.17, 15) is 9.59 Å². The molecule has 2 aromatic heterocycles. The fraction of sp³-hybridized carbons (Fsp3) is 0.200. The van der Waals surface area contributed by atoms with Crippen LogP contribution in [0, 0.1) is 0 Å². The lowest BCUT2D eigenvalue weighted by Gasteiger charge is -2.10. The maximum atomic E-state index is 12.4. The van der Waals surface area contributed by atoms with Crippen LogP contribution in [0.2, 0.25) is 10.0 Å². The zero-order chi connectivity index (χ0) is 21.3. The fourth-order valence-electron chi connectivity index (χ4n) is 2.61. The molecule has 0 aliphatic carbocycles. The first-order chi connectivity index (χ1) is 14.5. The smallest absolute Gasteiger partial charge is 0.251 e. The molecule has 0 aliphatic heterocycles. The maximum absolute atomic E-state index is 12.4. The minimum absolute atomic E-state index is 0.141. The van der Waals surface area contributed by atoms with Crippen molar-refractivity contribution in [3.8, 4) is 0 Å². The highest BCUT2D eigenvalue weighted by Crippen LogP contribution is 2.22. The summed E-state index contributed by atoms with van der Waals surface area (Å²) in [6.07, 6.45) is 6.91. The first-order valence-corrected chi connectivity index (χ1v) is 9.95. The summed E-state index contributed by atoms with van der Waals surface area (Å²) in [5.74, 6) is 0.106. The Kier molecular flexibility index (Phi) is 7.64. The molecular weight excluding hydrogens is 427 g/mol. The van der Waals surface area contributed by atoms with Crippen LogP contribution in [-0.2, 0) is 11.3 Å². The predicted octanol–water partition coefficient (Wildman–Crippen LogP) is 3.46. The van der Waals surface area contributed by atoms with Gasteiger partial charge >= 0.3 is 0 Å². The van der Waals surface area contributed by atoms with Crippen LogP contribution in [0.5, 0.6) is 0 Å². The van der Waals surface area contributed by atoms with Crippen molar-refractivity contribution in [3.63, 3.8) is 0 Å². The van der Waals surface area contributed by atoms with Crippen molar-refractivity contribution in [1.82, 2.24) is 19.9 Å². The van der Waals surface area contributed by atoms with Crippen LogP contribution in [-0.4, -0.2) is 39.4 Å². The number of pyridine rings is 1. The molecule has 2 heterocycles. The van der Waals surface area contributed by atoms with E-state index in [4.69, 9.17) is 23.2 Å². The van der Waals surface area contributed by atoms with Gasteiger partial charge in [-0.25, -0.2) is 9.97 Å². The molecule has 0 radical (unpaired) electrons. The number of aromatic nitrogens is 3. The van der Waals surface area contributed by atoms with E-state index in [0.717, 1.165) is 0 Å². The number of amides is 2. The molecule has 2 amide bonds. The minimum Gasteiger partial charge on any atom is -0.367 e. The van der Waals surface area contributed by atoms with Gasteiger partial charge < -0.3 is 20.5 Å². The standard InChI is InChI=1S/C20H20Cl2N6O2/c21-15-11-17(22)19(26-12-15)24-5-6-25-20(30)14-2-1-3-16(10-14)27-18(29)4-8-28-9-7-23-13-28/h1-3,7,9-13H,4-6,8H2,(H,24,26)(H,25,30)(H,27,29). The van der Waals surface area contributed by atoms with Gasteiger partial charge in [-0.2, -0.15) is 0 Å². The molecule has 0 fully saturated rings. The third-order valence-corrected chi connectivity index (χ3v) is 4.57. The summed E-state index contributed by atoms with van der Waals surface area (Å²) >= 11 is 11.9. The minimum atomic E-state index is -0.249. The van der Waals surface area contributed by atoms with Crippen molar-refractivity contribution in [2.45, 2.75) is 13.0 Å². The summed E-state index contributed by atoms with van der Waals surface area (Å²) in [7, 11) is 0. The third-order valence-electron chi connectivity index (χ3n) is 4.08. The van der Waals surface area contributed by atoms with Gasteiger partial charge in [0.2, 0.25) is 5.91 Å². The highest BCUT2D eigenvalue weighted by Gasteiger charge is 2.08. The Morgan fingerprint density at radius 1 is 1.13 bits per heavy atom. The molecule has 0 atom stereocenters. The number of halogens is 2. The predicted molar refractivity (Wildman–Crippen MR) is 117 cm³/mol. The van der Waals surface area contributed by atoms with E-state index >= 15 is 0 Å². The number of nitrogens with zero attached hydrogens (tertiary/aromatic N) is 3. The second-order valence-corrected chi connectivity index (χ2v) is 7.19. The maximum Gasteiger partial charge on any atom is 0.251 e. The Morgan fingerprint density at radius 3 is 2.77 bits per heavy atom. The summed E-state index contributed by atoms with van der Waals surface area (Å²) in [5, 5.41) is 9.49. The van der Waals surface area contributed by atoms with Crippen LogP contribution in [0.15, 0.2) is 55.2 Å². The number of nitrogens with one attached hydrogen (secondary N) is 3. The quantitative estimate of drug-likeness (QED) is 0.437. The van der Waals surface area contributed by atoms with E-state index < -0.39 is 0 Å². The van der Waals surface area contributed by atoms with Gasteiger partial charge in [-0.05, 0) is 24.3 Å². The molecule has 10 heteroatoms. The number of benzene rings is 1. The van der Waals surface area contributed by atoms with Crippen molar-refractivity contribution < 1.29 is 9.59 Å². The number of imidazole rings is 1. The number of carbonyl (C=O) groups is 2. The van der Waals surface area contributed by atoms with Crippen molar-refractivity contribution in [2.24, 2.45) is 0 Å². The summed E-state index contributed by atoms with van der Waals surface area (Å²) < 4.78 is 1.82. The van der Waals surface area contributed by atoms with Gasteiger partial charge in [0.15, 0.2) is 0 Å². The SMILES string of the molecule is O=C(CCn1ccnc1)Nc1cccc(C(=O)NCCNc2ncc(Cl)cc2Cl)c1. The number of rotatable bonds is 9. The molecule has 0 unspecified atom stereocenters. The monoisotopic (exact) mass is 446 g/mol. The van der Waals surface area contributed by atoms with E-state index in [1.165, 1.54) is 6.20 Å². The van der Waals surface area contributed by atoms with Crippen molar-refractivity contribution in [2.75, 3.05) is 23.7 Å². The van der Waals surface area contributed by atoms with Crippen LogP contribution in [0.3, 0.4) is 0 Å². The van der Waals surface area contributed by atoms with E-state index in [0.29, 0.717) is 53.2 Å². The van der Waals surface area contributed by atoms with E-state index in [1.807, 2.05) is 4.57 Å². The Morgan fingerprint density at radius 2 is 2.00 bits per heavy atom. The zero-order valence-corrected chi connectivity index (χ0v) is 17.5. The third kappa shape index (κ3) is 6.47. The molecule has 0 saturated heterocycles. The molecule has 156 valence electrons. The fourth-order valence-corrected chi connectivity index (χ4v) is 3.06. The Balaban J connectivity index is 1.45. The Labute approximate surface area is 183 Å². The summed E-state index contributed by atoms with van der Waals surface area (Å²) in [4.78, 5) is 32.5. The van der Waals surface area contributed by atoms with Gasteiger partial charge in [0.25, 0.3) is 5.91 Å². The molecular formula is C20H20Cl2N6O2. The molecule has 1 aromatic carbocycles. The summed E-state index contributed by atoms with van der Waals surface area (Å²) in [5.41, 5.74) is 1.01. The molecule has 30 heavy (non-hydrogen) atoms. The first kappa shape index (κ1) is 21.6. The van der Waals surface area contributed by atoms with E-state index in [2.05, 4.69) is 25.9 Å². The van der Waals surface area contributed by atoms with Gasteiger partial charge in [-0.3, -0.25) is 9.59 Å². The largest absolute Gasteiger partial charge is 0.367 e. The first-order valence-electron chi connectivity index (χ1n) is 9.20. The van der Waals surface area contributed by atoms with Crippen molar-refractivity contribution >= 4 is 46.5 Å². The number of hydrogen-bond donors (Lipinski definition) is 3. The molecule has 0 bridgehead atoms. The molecule has 0 saturated carbocycles. The van der Waals surface area contributed by atoms with Crippen molar-refractivity contribution in [1.29, 1.82) is 0 Å². The topological polar surface area (TPSA) is 101 Å². The molecule has 0 spiro atoms. The summed E-state index contributed by atoms with van der Waals surface area (Å²) in [6.45, 7) is 1.33. The van der Waals surface area contributed by atoms with E-state index in [1.54, 1.807) is 49.1 Å². The van der Waals surface area contributed by atoms with Crippen LogP contribution in [0.4, 0.5) is 11.5 Å². The van der Waals surface area contributed by atoms with Crippen LogP contribution in [0.1, 0.15) is 16.8 Å². The van der Waals surface area contributed by atoms with Crippen LogP contribution < -0.4 is 16.0 Å². The van der Waals surface area contributed by atoms with E-state index in [-0.39, 0.29) is 11.8 Å². The van der Waals surface area contributed by atoms with Crippen LogP contribution in [0.25, 0.3) is 0 Å². The second-order valence-electron chi connectivity index (χ2n) is 6.35.